The summed E-state index contributed by atoms with van der Waals surface area (Å²) in [6.07, 6.45) is 1.45. The molecule has 0 saturated carbocycles. The first-order chi connectivity index (χ1) is 7.29. The van der Waals surface area contributed by atoms with E-state index in [-0.39, 0.29) is 6.10 Å². The van der Waals surface area contributed by atoms with E-state index in [0.717, 1.165) is 6.42 Å². The van der Waals surface area contributed by atoms with Crippen molar-refractivity contribution in [1.29, 1.82) is 0 Å². The molecule has 0 aromatic heterocycles. The maximum Gasteiger partial charge on any atom is 0.325 e. The third-order valence-corrected chi connectivity index (χ3v) is 2.46. The molecule has 0 heterocycles. The molecule has 4 heteroatoms. The highest BCUT2D eigenvalue weighted by Crippen LogP contribution is 2.14. The fraction of sp³-hybridized carbons (Fsp3) is 0.917. The van der Waals surface area contributed by atoms with Gasteiger partial charge in [0.05, 0.1) is 13.2 Å². The van der Waals surface area contributed by atoms with Crippen LogP contribution in [0.3, 0.4) is 0 Å². The summed E-state index contributed by atoms with van der Waals surface area (Å²) < 4.78 is 10.2. The topological polar surface area (TPSA) is 61.5 Å². The smallest absolute Gasteiger partial charge is 0.325 e. The minimum absolute atomic E-state index is 0.0344. The summed E-state index contributed by atoms with van der Waals surface area (Å²) in [5.74, 6) is 0.226. The first-order valence-corrected chi connectivity index (χ1v) is 5.78. The Kier molecular flexibility index (Phi) is 6.60. The molecule has 2 N–H and O–H groups in total. The van der Waals surface area contributed by atoms with Crippen LogP contribution in [0.25, 0.3) is 0 Å². The minimum atomic E-state index is -0.966. The Morgan fingerprint density at radius 2 is 1.94 bits per heavy atom. The van der Waals surface area contributed by atoms with E-state index in [1.165, 1.54) is 7.11 Å². The summed E-state index contributed by atoms with van der Waals surface area (Å²) in [5.41, 5.74) is 4.88. The van der Waals surface area contributed by atoms with Gasteiger partial charge in [0.1, 0.15) is 5.54 Å². The van der Waals surface area contributed by atoms with Crippen LogP contribution in [0.1, 0.15) is 40.5 Å². The largest absolute Gasteiger partial charge is 0.468 e. The maximum atomic E-state index is 11.3. The third-order valence-electron chi connectivity index (χ3n) is 2.46. The van der Waals surface area contributed by atoms with Crippen molar-refractivity contribution in [2.24, 2.45) is 11.7 Å². The Morgan fingerprint density at radius 1 is 1.38 bits per heavy atom. The van der Waals surface area contributed by atoms with Gasteiger partial charge in [-0.1, -0.05) is 13.8 Å². The van der Waals surface area contributed by atoms with Crippen molar-refractivity contribution in [2.75, 3.05) is 13.7 Å². The predicted molar refractivity (Wildman–Crippen MR) is 64.1 cm³/mol. The number of hydrogen-bond donors (Lipinski definition) is 1. The van der Waals surface area contributed by atoms with Gasteiger partial charge in [-0.2, -0.15) is 0 Å². The van der Waals surface area contributed by atoms with Gasteiger partial charge in [0.2, 0.25) is 0 Å². The van der Waals surface area contributed by atoms with Gasteiger partial charge in [0.15, 0.2) is 0 Å². The zero-order valence-corrected chi connectivity index (χ0v) is 11.1. The van der Waals surface area contributed by atoms with Crippen molar-refractivity contribution in [3.05, 3.63) is 0 Å². The van der Waals surface area contributed by atoms with E-state index >= 15 is 0 Å². The molecule has 0 aliphatic carbocycles. The summed E-state index contributed by atoms with van der Waals surface area (Å²) >= 11 is 0. The zero-order valence-electron chi connectivity index (χ0n) is 11.1. The van der Waals surface area contributed by atoms with E-state index in [1.54, 1.807) is 6.92 Å². The van der Waals surface area contributed by atoms with Crippen LogP contribution < -0.4 is 5.73 Å². The van der Waals surface area contributed by atoms with Gasteiger partial charge in [-0.15, -0.1) is 0 Å². The van der Waals surface area contributed by atoms with Crippen molar-refractivity contribution in [1.82, 2.24) is 0 Å². The lowest BCUT2D eigenvalue weighted by atomic mass is 9.96. The first-order valence-electron chi connectivity index (χ1n) is 5.78. The van der Waals surface area contributed by atoms with Crippen molar-refractivity contribution < 1.29 is 14.3 Å². The van der Waals surface area contributed by atoms with E-state index in [2.05, 4.69) is 18.6 Å². The molecule has 96 valence electrons. The SMILES string of the molecule is COC(=O)C(C)(N)CC(C)OCCC(C)C. The molecular formula is C12H25NO3. The molecule has 2 atom stereocenters. The van der Waals surface area contributed by atoms with Crippen molar-refractivity contribution in [2.45, 2.75) is 52.2 Å². The van der Waals surface area contributed by atoms with Crippen LogP contribution in [0.15, 0.2) is 0 Å². The number of esters is 1. The summed E-state index contributed by atoms with van der Waals surface area (Å²) in [7, 11) is 1.34. The number of carbonyl (C=O) groups excluding carboxylic acids is 1. The molecule has 4 nitrogen and oxygen atoms in total. The molecule has 0 saturated heterocycles. The summed E-state index contributed by atoms with van der Waals surface area (Å²) in [5, 5.41) is 0. The Labute approximate surface area is 98.5 Å². The average molecular weight is 231 g/mol. The molecule has 0 aromatic rings. The zero-order chi connectivity index (χ0) is 12.8. The van der Waals surface area contributed by atoms with Crippen LogP contribution in [-0.2, 0) is 14.3 Å². The monoisotopic (exact) mass is 231 g/mol. The molecule has 2 unspecified atom stereocenters. The fourth-order valence-electron chi connectivity index (χ4n) is 1.48. The van der Waals surface area contributed by atoms with E-state index in [4.69, 9.17) is 10.5 Å². The normalized spacial score (nSPS) is 16.9. The lowest BCUT2D eigenvalue weighted by molar-refractivity contribution is -0.147. The second-order valence-corrected chi connectivity index (χ2v) is 4.98. The van der Waals surface area contributed by atoms with Crippen LogP contribution in [0.4, 0.5) is 0 Å². The third kappa shape index (κ3) is 6.08. The Hall–Kier alpha value is -0.610. The molecule has 0 radical (unpaired) electrons. The molecule has 0 aliphatic rings. The van der Waals surface area contributed by atoms with Crippen LogP contribution in [0.2, 0.25) is 0 Å². The minimum Gasteiger partial charge on any atom is -0.468 e. The van der Waals surface area contributed by atoms with Crippen LogP contribution in [0, 0.1) is 5.92 Å². The van der Waals surface area contributed by atoms with Gasteiger partial charge in [0, 0.05) is 13.0 Å². The fourth-order valence-corrected chi connectivity index (χ4v) is 1.48. The Morgan fingerprint density at radius 3 is 2.38 bits per heavy atom. The molecule has 0 bridgehead atoms. The molecule has 0 fully saturated rings. The highest BCUT2D eigenvalue weighted by atomic mass is 16.5. The van der Waals surface area contributed by atoms with Crippen LogP contribution >= 0.6 is 0 Å². The summed E-state index contributed by atoms with van der Waals surface area (Å²) in [6.45, 7) is 8.59. The second kappa shape index (κ2) is 6.86. The number of ether oxygens (including phenoxy) is 2. The van der Waals surface area contributed by atoms with E-state index in [1.807, 2.05) is 6.92 Å². The molecule has 0 amide bonds. The van der Waals surface area contributed by atoms with Gasteiger partial charge >= 0.3 is 5.97 Å². The Balaban J connectivity index is 3.94. The summed E-state index contributed by atoms with van der Waals surface area (Å²) in [6, 6.07) is 0. The lowest BCUT2D eigenvalue weighted by Crippen LogP contribution is -2.48. The van der Waals surface area contributed by atoms with Crippen molar-refractivity contribution in [3.63, 3.8) is 0 Å². The standard InChI is InChI=1S/C12H25NO3/c1-9(2)6-7-16-10(3)8-12(4,13)11(14)15-5/h9-10H,6-8,13H2,1-5H3. The molecule has 0 aromatic carbocycles. The molecule has 16 heavy (non-hydrogen) atoms. The highest BCUT2D eigenvalue weighted by Gasteiger charge is 2.31. The molecular weight excluding hydrogens is 206 g/mol. The second-order valence-electron chi connectivity index (χ2n) is 4.98. The van der Waals surface area contributed by atoms with E-state index < -0.39 is 11.5 Å². The van der Waals surface area contributed by atoms with E-state index in [9.17, 15) is 4.79 Å². The van der Waals surface area contributed by atoms with E-state index in [0.29, 0.717) is 18.9 Å². The summed E-state index contributed by atoms with van der Waals surface area (Å²) in [4.78, 5) is 11.3. The lowest BCUT2D eigenvalue weighted by Gasteiger charge is -2.25. The average Bonchev–Trinajstić information content (AvgIpc) is 2.14. The molecule has 0 aliphatic heterocycles. The quantitative estimate of drug-likeness (QED) is 0.678. The van der Waals surface area contributed by atoms with Gasteiger partial charge in [0.25, 0.3) is 0 Å². The predicted octanol–water partition coefficient (Wildman–Crippen LogP) is 1.72. The molecule has 0 rings (SSSR count). The van der Waals surface area contributed by atoms with Gasteiger partial charge < -0.3 is 15.2 Å². The Bertz CT molecular complexity index is 214. The highest BCUT2D eigenvalue weighted by molar-refractivity contribution is 5.79. The van der Waals surface area contributed by atoms with Crippen LogP contribution in [-0.4, -0.2) is 31.3 Å². The number of nitrogens with two attached hydrogens (primary N) is 1. The van der Waals surface area contributed by atoms with Gasteiger partial charge in [-0.3, -0.25) is 4.79 Å². The number of hydrogen-bond acceptors (Lipinski definition) is 4. The number of carbonyl (C=O) groups is 1. The van der Waals surface area contributed by atoms with Gasteiger partial charge in [-0.25, -0.2) is 0 Å². The number of methoxy groups -OCH3 is 1. The van der Waals surface area contributed by atoms with Crippen molar-refractivity contribution in [3.8, 4) is 0 Å². The number of rotatable bonds is 7. The van der Waals surface area contributed by atoms with Gasteiger partial charge in [-0.05, 0) is 26.2 Å². The molecule has 0 spiro atoms. The maximum absolute atomic E-state index is 11.3. The van der Waals surface area contributed by atoms with Crippen LogP contribution in [0.5, 0.6) is 0 Å². The van der Waals surface area contributed by atoms with Crippen molar-refractivity contribution >= 4 is 5.97 Å². The first kappa shape index (κ1) is 15.4.